The molecule has 1 aromatic heterocycles. The van der Waals surface area contributed by atoms with Crippen LogP contribution >= 0.6 is 11.8 Å². The molecule has 0 bridgehead atoms. The molecule has 5 heteroatoms. The molecule has 0 saturated heterocycles. The second-order valence-electron chi connectivity index (χ2n) is 6.66. The van der Waals surface area contributed by atoms with E-state index in [9.17, 15) is 0 Å². The first-order valence-electron chi connectivity index (χ1n) is 9.27. The van der Waals surface area contributed by atoms with Gasteiger partial charge in [0.2, 0.25) is 0 Å². The van der Waals surface area contributed by atoms with Gasteiger partial charge in [-0.1, -0.05) is 24.3 Å². The molecule has 0 amide bonds. The summed E-state index contributed by atoms with van der Waals surface area (Å²) < 4.78 is 2.24. The van der Waals surface area contributed by atoms with E-state index in [1.54, 1.807) is 0 Å². The van der Waals surface area contributed by atoms with Gasteiger partial charge in [0.25, 0.3) is 0 Å². The minimum atomic E-state index is 1.01. The molecule has 1 aromatic carbocycles. The number of hydrogen-bond donors (Lipinski definition) is 1. The van der Waals surface area contributed by atoms with E-state index >= 15 is 0 Å². The Hall–Kier alpha value is -2.24. The highest BCUT2D eigenvalue weighted by Gasteiger charge is 2.01. The van der Waals surface area contributed by atoms with Crippen LogP contribution in [0.1, 0.15) is 11.1 Å². The Balaban J connectivity index is 1.78. The van der Waals surface area contributed by atoms with E-state index in [4.69, 9.17) is 0 Å². The second-order valence-corrected chi connectivity index (χ2v) is 7.73. The number of aromatic nitrogens is 1. The van der Waals surface area contributed by atoms with E-state index in [0.29, 0.717) is 0 Å². The lowest BCUT2D eigenvalue weighted by Gasteiger charge is -2.11. The van der Waals surface area contributed by atoms with Gasteiger partial charge in [-0.05, 0) is 23.3 Å². The van der Waals surface area contributed by atoms with Crippen LogP contribution in [0.15, 0.2) is 61.2 Å². The largest absolute Gasteiger partial charge is 0.378 e. The summed E-state index contributed by atoms with van der Waals surface area (Å²) in [7, 11) is 8.26. The summed E-state index contributed by atoms with van der Waals surface area (Å²) in [5.41, 5.74) is 3.65. The number of rotatable bonds is 10. The molecule has 2 aromatic rings. The Bertz CT molecular complexity index is 721. The first-order valence-corrected chi connectivity index (χ1v) is 10.4. The monoisotopic (exact) mass is 384 g/mol. The molecule has 0 aliphatic heterocycles. The maximum Gasteiger partial charge on any atom is 0.169 e. The molecular weight excluding hydrogens is 352 g/mol. The van der Waals surface area contributed by atoms with E-state index in [1.807, 2.05) is 24.1 Å². The molecule has 2 rings (SSSR count). The molecule has 0 aliphatic rings. The van der Waals surface area contributed by atoms with Crippen LogP contribution in [0.2, 0.25) is 0 Å². The molecule has 4 nitrogen and oxygen atoms in total. The van der Waals surface area contributed by atoms with Crippen molar-refractivity contribution in [3.63, 3.8) is 0 Å². The number of pyridine rings is 1. The van der Waals surface area contributed by atoms with E-state index in [2.05, 4.69) is 109 Å². The lowest BCUT2D eigenvalue weighted by molar-refractivity contribution is -0.692. The summed E-state index contributed by atoms with van der Waals surface area (Å²) in [4.78, 5) is 4.31. The molecule has 0 fully saturated rings. The zero-order valence-electron chi connectivity index (χ0n) is 16.9. The lowest BCUT2D eigenvalue weighted by Crippen LogP contribution is -2.72. The van der Waals surface area contributed by atoms with Crippen LogP contribution in [0, 0.1) is 0 Å². The standard InChI is InChI=1S/C22H31N4S/c1-23-13-16-25(4)19-27-18-17-26-14-11-21(12-15-26)6-5-20-7-9-22(10-8-20)24(2)3/h5-16,23H,17-19H2,1-4H3/q+1/p+1. The first-order chi connectivity index (χ1) is 13.1. The molecule has 0 unspecified atom stereocenters. The number of aryl methyl sites for hydroxylation is 1. The van der Waals surface area contributed by atoms with Gasteiger partial charge in [-0.15, -0.1) is 11.8 Å². The SMILES string of the molecule is C[NH2+]C=CN(C)CSCC[n+]1ccc(C=Cc2ccc(N(C)C)cc2)cc1. The highest BCUT2D eigenvalue weighted by atomic mass is 32.2. The van der Waals surface area contributed by atoms with Gasteiger partial charge < -0.3 is 15.1 Å². The van der Waals surface area contributed by atoms with Crippen LogP contribution in [-0.4, -0.2) is 44.7 Å². The van der Waals surface area contributed by atoms with Crippen molar-refractivity contribution in [1.82, 2.24) is 4.90 Å². The summed E-state index contributed by atoms with van der Waals surface area (Å²) in [5, 5.41) is 2.05. The van der Waals surface area contributed by atoms with Crippen molar-refractivity contribution in [2.24, 2.45) is 0 Å². The quantitative estimate of drug-likeness (QED) is 0.387. The van der Waals surface area contributed by atoms with Gasteiger partial charge in [-0.2, -0.15) is 0 Å². The van der Waals surface area contributed by atoms with E-state index in [0.717, 1.165) is 18.2 Å². The molecule has 27 heavy (non-hydrogen) atoms. The number of benzene rings is 1. The van der Waals surface area contributed by atoms with Crippen molar-refractivity contribution >= 4 is 29.6 Å². The maximum absolute atomic E-state index is 2.24. The third-order valence-electron chi connectivity index (χ3n) is 4.12. The Morgan fingerprint density at radius 1 is 0.963 bits per heavy atom. The van der Waals surface area contributed by atoms with E-state index in [-0.39, 0.29) is 0 Å². The van der Waals surface area contributed by atoms with Crippen LogP contribution < -0.4 is 14.8 Å². The molecular formula is C22H32N4S+2. The zero-order valence-corrected chi connectivity index (χ0v) is 17.7. The molecule has 144 valence electrons. The van der Waals surface area contributed by atoms with Gasteiger partial charge >= 0.3 is 0 Å². The molecule has 0 radical (unpaired) electrons. The number of hydrogen-bond acceptors (Lipinski definition) is 3. The van der Waals surface area contributed by atoms with Crippen LogP contribution in [-0.2, 0) is 6.54 Å². The van der Waals surface area contributed by atoms with Crippen molar-refractivity contribution in [3.05, 3.63) is 72.3 Å². The van der Waals surface area contributed by atoms with Crippen molar-refractivity contribution in [2.75, 3.05) is 44.7 Å². The highest BCUT2D eigenvalue weighted by molar-refractivity contribution is 7.99. The van der Waals surface area contributed by atoms with Crippen LogP contribution in [0.5, 0.6) is 0 Å². The van der Waals surface area contributed by atoms with Crippen LogP contribution in [0.4, 0.5) is 5.69 Å². The summed E-state index contributed by atoms with van der Waals surface area (Å²) in [6, 6.07) is 12.9. The third-order valence-corrected chi connectivity index (χ3v) is 5.18. The maximum atomic E-state index is 2.24. The number of nitrogens with two attached hydrogens (primary N) is 1. The summed E-state index contributed by atoms with van der Waals surface area (Å²) in [6.45, 7) is 1.03. The third kappa shape index (κ3) is 7.89. The lowest BCUT2D eigenvalue weighted by atomic mass is 10.1. The fraction of sp³-hybridized carbons (Fsp3) is 0.318. The molecule has 1 heterocycles. The Kier molecular flexibility index (Phi) is 8.95. The van der Waals surface area contributed by atoms with Crippen molar-refractivity contribution in [3.8, 4) is 0 Å². The number of quaternary nitrogens is 1. The second kappa shape index (κ2) is 11.5. The van der Waals surface area contributed by atoms with Crippen molar-refractivity contribution in [1.29, 1.82) is 0 Å². The van der Waals surface area contributed by atoms with Gasteiger partial charge in [0.15, 0.2) is 18.9 Å². The summed E-state index contributed by atoms with van der Waals surface area (Å²) in [6.07, 6.45) is 12.8. The van der Waals surface area contributed by atoms with Crippen LogP contribution in [0.25, 0.3) is 12.2 Å². The summed E-state index contributed by atoms with van der Waals surface area (Å²) >= 11 is 1.94. The Morgan fingerprint density at radius 3 is 2.19 bits per heavy atom. The Morgan fingerprint density at radius 2 is 1.59 bits per heavy atom. The van der Waals surface area contributed by atoms with E-state index < -0.39 is 0 Å². The highest BCUT2D eigenvalue weighted by Crippen LogP contribution is 2.14. The molecule has 0 spiro atoms. The average molecular weight is 385 g/mol. The molecule has 0 saturated carbocycles. The van der Waals surface area contributed by atoms with Gasteiger partial charge in [0, 0.05) is 39.0 Å². The zero-order chi connectivity index (χ0) is 19.5. The smallest absolute Gasteiger partial charge is 0.169 e. The van der Waals surface area contributed by atoms with Gasteiger partial charge in [0.05, 0.1) is 24.9 Å². The van der Waals surface area contributed by atoms with Crippen LogP contribution in [0.3, 0.4) is 0 Å². The average Bonchev–Trinajstić information content (AvgIpc) is 2.69. The summed E-state index contributed by atoms with van der Waals surface area (Å²) in [5.74, 6) is 2.12. The van der Waals surface area contributed by atoms with E-state index in [1.165, 1.54) is 16.8 Å². The predicted octanol–water partition coefficient (Wildman–Crippen LogP) is 2.50. The molecule has 2 N–H and O–H groups in total. The van der Waals surface area contributed by atoms with Crippen molar-refractivity contribution < 1.29 is 9.88 Å². The molecule has 0 atom stereocenters. The van der Waals surface area contributed by atoms with Crippen molar-refractivity contribution in [2.45, 2.75) is 6.54 Å². The van der Waals surface area contributed by atoms with Gasteiger partial charge in [-0.25, -0.2) is 4.57 Å². The Labute approximate surface area is 168 Å². The predicted molar refractivity (Wildman–Crippen MR) is 118 cm³/mol. The van der Waals surface area contributed by atoms with Gasteiger partial charge in [0.1, 0.15) is 6.20 Å². The first kappa shape index (κ1) is 21.1. The fourth-order valence-electron chi connectivity index (χ4n) is 2.46. The van der Waals surface area contributed by atoms with Gasteiger partial charge in [-0.3, -0.25) is 0 Å². The minimum Gasteiger partial charge on any atom is -0.378 e. The number of anilines is 1. The normalized spacial score (nSPS) is 11.4. The topological polar surface area (TPSA) is 27.0 Å². The minimum absolute atomic E-state index is 1.01. The number of thioether (sulfide) groups is 1. The molecule has 0 aliphatic carbocycles. The number of nitrogens with zero attached hydrogens (tertiary/aromatic N) is 3. The fourth-order valence-corrected chi connectivity index (χ4v) is 3.30.